The first-order valence-corrected chi connectivity index (χ1v) is 10.4. The number of imide groups is 1. The highest BCUT2D eigenvalue weighted by Gasteiger charge is 2.28. The fourth-order valence-electron chi connectivity index (χ4n) is 3.43. The minimum atomic E-state index is -0.213. The van der Waals surface area contributed by atoms with E-state index in [9.17, 15) is 14.4 Å². The number of aromatic nitrogens is 3. The Balaban J connectivity index is 1.44. The summed E-state index contributed by atoms with van der Waals surface area (Å²) in [6.07, 6.45) is 2.77. The number of carbonyl (C=O) groups is 3. The predicted molar refractivity (Wildman–Crippen MR) is 109 cm³/mol. The zero-order valence-corrected chi connectivity index (χ0v) is 16.9. The second-order valence-corrected chi connectivity index (χ2v) is 8.01. The van der Waals surface area contributed by atoms with Gasteiger partial charge in [-0.3, -0.25) is 19.3 Å². The molecule has 0 saturated carbocycles. The van der Waals surface area contributed by atoms with Gasteiger partial charge in [-0.2, -0.15) is 5.10 Å². The molecule has 0 spiro atoms. The van der Waals surface area contributed by atoms with Crippen molar-refractivity contribution in [2.24, 2.45) is 0 Å². The van der Waals surface area contributed by atoms with E-state index in [1.54, 1.807) is 28.3 Å². The van der Waals surface area contributed by atoms with E-state index < -0.39 is 0 Å². The Morgan fingerprint density at radius 2 is 2.07 bits per heavy atom. The summed E-state index contributed by atoms with van der Waals surface area (Å²) in [6.45, 7) is 3.17. The first-order valence-electron chi connectivity index (χ1n) is 9.50. The third-order valence-corrected chi connectivity index (χ3v) is 5.73. The maximum Gasteiger partial charge on any atom is 0.252 e. The van der Waals surface area contributed by atoms with Gasteiger partial charge in [0.05, 0.1) is 23.7 Å². The van der Waals surface area contributed by atoms with E-state index in [1.165, 1.54) is 4.90 Å². The first kappa shape index (κ1) is 19.3. The Labute approximate surface area is 171 Å². The molecule has 0 atom stereocenters. The monoisotopic (exact) mass is 411 g/mol. The Morgan fingerprint density at radius 3 is 2.79 bits per heavy atom. The lowest BCUT2D eigenvalue weighted by molar-refractivity contribution is -0.138. The van der Waals surface area contributed by atoms with Crippen molar-refractivity contribution in [1.29, 1.82) is 0 Å². The largest absolute Gasteiger partial charge is 0.352 e. The van der Waals surface area contributed by atoms with Crippen molar-refractivity contribution < 1.29 is 14.4 Å². The minimum Gasteiger partial charge on any atom is -0.352 e. The third kappa shape index (κ3) is 4.04. The second-order valence-electron chi connectivity index (χ2n) is 6.98. The van der Waals surface area contributed by atoms with Gasteiger partial charge in [0.15, 0.2) is 5.65 Å². The normalized spacial score (nSPS) is 14.2. The van der Waals surface area contributed by atoms with Crippen molar-refractivity contribution >= 4 is 40.1 Å². The number of carbonyl (C=O) groups excluding carboxylic acids is 3. The number of likely N-dealkylation sites (tertiary alicyclic amines) is 1. The molecule has 0 radical (unpaired) electrons. The van der Waals surface area contributed by atoms with Gasteiger partial charge < -0.3 is 5.32 Å². The van der Waals surface area contributed by atoms with Gasteiger partial charge in [0, 0.05) is 36.5 Å². The number of pyridine rings is 1. The number of hydrogen-bond donors (Lipinski definition) is 1. The van der Waals surface area contributed by atoms with E-state index in [4.69, 9.17) is 0 Å². The number of hydrogen-bond acceptors (Lipinski definition) is 6. The lowest BCUT2D eigenvalue weighted by Gasteiger charge is -2.13. The van der Waals surface area contributed by atoms with Gasteiger partial charge in [-0.05, 0) is 30.9 Å². The van der Waals surface area contributed by atoms with E-state index in [1.807, 2.05) is 24.4 Å². The van der Waals surface area contributed by atoms with Crippen LogP contribution < -0.4 is 5.32 Å². The maximum absolute atomic E-state index is 12.7. The predicted octanol–water partition coefficient (Wildman–Crippen LogP) is 2.12. The number of aryl methyl sites for hydroxylation is 1. The fourth-order valence-corrected chi connectivity index (χ4v) is 4.12. The molecule has 3 aromatic rings. The molecule has 4 rings (SSSR count). The van der Waals surface area contributed by atoms with Crippen LogP contribution in [0.3, 0.4) is 0 Å². The van der Waals surface area contributed by atoms with Crippen LogP contribution in [0.25, 0.3) is 11.0 Å². The number of fused-ring (bicyclic) bond motifs is 1. The first-order chi connectivity index (χ1) is 14.0. The van der Waals surface area contributed by atoms with E-state index in [0.717, 1.165) is 10.6 Å². The van der Waals surface area contributed by atoms with E-state index in [-0.39, 0.29) is 30.6 Å². The molecular weight excluding hydrogens is 390 g/mol. The summed E-state index contributed by atoms with van der Waals surface area (Å²) in [6, 6.07) is 5.78. The third-order valence-electron chi connectivity index (χ3n) is 4.87. The molecule has 1 saturated heterocycles. The van der Waals surface area contributed by atoms with Crippen molar-refractivity contribution in [2.45, 2.75) is 32.7 Å². The Kier molecular flexibility index (Phi) is 5.39. The molecule has 4 heterocycles. The highest BCUT2D eigenvalue weighted by molar-refractivity contribution is 7.09. The molecule has 0 unspecified atom stereocenters. The van der Waals surface area contributed by atoms with Crippen LogP contribution in [0.5, 0.6) is 0 Å². The molecule has 9 heteroatoms. The molecule has 1 N–H and O–H groups in total. The fraction of sp³-hybridized carbons (Fsp3) is 0.350. The lowest BCUT2D eigenvalue weighted by atomic mass is 10.1. The number of rotatable bonds is 7. The molecule has 0 aliphatic carbocycles. The van der Waals surface area contributed by atoms with Crippen LogP contribution in [0, 0.1) is 6.92 Å². The van der Waals surface area contributed by atoms with Crippen LogP contribution in [0.4, 0.5) is 0 Å². The summed E-state index contributed by atoms with van der Waals surface area (Å²) in [5.74, 6) is -0.479. The highest BCUT2D eigenvalue weighted by Crippen LogP contribution is 2.20. The van der Waals surface area contributed by atoms with Crippen LogP contribution in [-0.4, -0.2) is 50.5 Å². The summed E-state index contributed by atoms with van der Waals surface area (Å²) in [5.41, 5.74) is 1.94. The summed E-state index contributed by atoms with van der Waals surface area (Å²) in [4.78, 5) is 43.0. The standard InChI is InChI=1S/C20H21N5O3S/c1-13-10-15(20(28)21-7-3-8-24-17(26)5-6-18(24)27)16-11-22-25(19(16)23-13)12-14-4-2-9-29-14/h2,4,9-11H,3,5-8,12H2,1H3,(H,21,28). The average molecular weight is 411 g/mol. The van der Waals surface area contributed by atoms with Crippen LogP contribution in [0.2, 0.25) is 0 Å². The van der Waals surface area contributed by atoms with Crippen molar-refractivity contribution in [3.05, 3.63) is 45.9 Å². The second kappa shape index (κ2) is 8.12. The van der Waals surface area contributed by atoms with Crippen molar-refractivity contribution in [3.63, 3.8) is 0 Å². The molecule has 8 nitrogen and oxygen atoms in total. The summed E-state index contributed by atoms with van der Waals surface area (Å²) in [7, 11) is 0. The molecule has 0 bridgehead atoms. The molecule has 29 heavy (non-hydrogen) atoms. The van der Waals surface area contributed by atoms with Crippen LogP contribution in [0.1, 0.15) is 40.2 Å². The average Bonchev–Trinajstić information content (AvgIpc) is 3.42. The zero-order valence-electron chi connectivity index (χ0n) is 16.1. The van der Waals surface area contributed by atoms with Gasteiger partial charge in [-0.25, -0.2) is 9.67 Å². The van der Waals surface area contributed by atoms with Gasteiger partial charge >= 0.3 is 0 Å². The van der Waals surface area contributed by atoms with Crippen LogP contribution in [-0.2, 0) is 16.1 Å². The number of nitrogens with zero attached hydrogens (tertiary/aromatic N) is 4. The summed E-state index contributed by atoms with van der Waals surface area (Å²) < 4.78 is 1.80. The summed E-state index contributed by atoms with van der Waals surface area (Å²) in [5, 5.41) is 10.0. The number of nitrogens with one attached hydrogen (secondary N) is 1. The highest BCUT2D eigenvalue weighted by atomic mass is 32.1. The molecular formula is C20H21N5O3S. The topological polar surface area (TPSA) is 97.2 Å². The van der Waals surface area contributed by atoms with Gasteiger partial charge in [-0.15, -0.1) is 11.3 Å². The van der Waals surface area contributed by atoms with Crippen molar-refractivity contribution in [2.75, 3.05) is 13.1 Å². The molecule has 150 valence electrons. The van der Waals surface area contributed by atoms with E-state index >= 15 is 0 Å². The molecule has 1 aliphatic rings. The Bertz CT molecular complexity index is 1060. The SMILES string of the molecule is Cc1cc(C(=O)NCCCN2C(=O)CCC2=O)c2cnn(Cc3cccs3)c2n1. The van der Waals surface area contributed by atoms with Crippen LogP contribution >= 0.6 is 11.3 Å². The quantitative estimate of drug-likeness (QED) is 0.474. The number of amides is 3. The minimum absolute atomic E-state index is 0.133. The van der Waals surface area contributed by atoms with Crippen molar-refractivity contribution in [3.8, 4) is 0 Å². The van der Waals surface area contributed by atoms with E-state index in [0.29, 0.717) is 42.7 Å². The van der Waals surface area contributed by atoms with Gasteiger partial charge in [0.1, 0.15) is 0 Å². The maximum atomic E-state index is 12.7. The molecule has 1 fully saturated rings. The lowest BCUT2D eigenvalue weighted by Crippen LogP contribution is -2.33. The van der Waals surface area contributed by atoms with Crippen LogP contribution in [0.15, 0.2) is 29.8 Å². The van der Waals surface area contributed by atoms with Gasteiger partial charge in [0.2, 0.25) is 11.8 Å². The van der Waals surface area contributed by atoms with Gasteiger partial charge in [-0.1, -0.05) is 6.07 Å². The molecule has 3 amide bonds. The summed E-state index contributed by atoms with van der Waals surface area (Å²) >= 11 is 1.65. The van der Waals surface area contributed by atoms with E-state index in [2.05, 4.69) is 15.4 Å². The zero-order chi connectivity index (χ0) is 20.4. The van der Waals surface area contributed by atoms with Gasteiger partial charge in [0.25, 0.3) is 5.91 Å². The molecule has 0 aromatic carbocycles. The smallest absolute Gasteiger partial charge is 0.252 e. The Morgan fingerprint density at radius 1 is 1.28 bits per heavy atom. The molecule has 1 aliphatic heterocycles. The number of thiophene rings is 1. The van der Waals surface area contributed by atoms with Crippen molar-refractivity contribution in [1.82, 2.24) is 25.0 Å². The molecule has 3 aromatic heterocycles. The Hall–Kier alpha value is -3.07.